The number of nitrogens with zero attached hydrogens (tertiary/aromatic N) is 1. The van der Waals surface area contributed by atoms with E-state index in [4.69, 9.17) is 18.5 Å². The van der Waals surface area contributed by atoms with E-state index in [1.54, 1.807) is 48.5 Å². The number of carbonyl (C=O) groups excluding carboxylic acids is 1. The van der Waals surface area contributed by atoms with Crippen molar-refractivity contribution < 1.29 is 37.4 Å². The molecule has 3 N–H and O–H groups in total. The molecule has 1 saturated heterocycles. The molecule has 1 fully saturated rings. The highest BCUT2D eigenvalue weighted by Crippen LogP contribution is 2.48. The Kier molecular flexibility index (Phi) is 9.14. The van der Waals surface area contributed by atoms with Gasteiger partial charge in [0.1, 0.15) is 30.6 Å². The van der Waals surface area contributed by atoms with Crippen LogP contribution < -0.4 is 20.9 Å². The van der Waals surface area contributed by atoms with Gasteiger partial charge in [-0.15, -0.1) is 0 Å². The quantitative estimate of drug-likeness (QED) is 0.166. The summed E-state index contributed by atoms with van der Waals surface area (Å²) in [5, 5.41) is 14.7. The van der Waals surface area contributed by atoms with Gasteiger partial charge in [-0.3, -0.25) is 23.7 Å². The molecule has 12 nitrogen and oxygen atoms in total. The standard InChI is InChI=1S/C30H31FN3O9P/c1-19(27(37)40-17-20-9-4-3-5-10-20)33-44(39,43-23-14-8-12-21-11-6-7-13-22(21)23)41-18-24-26(36)30(2,31)28(42-24)34-16-15-25(35)32-29(34)38/h3-16,19,24,26,28,36H,17-18H2,1-2H3,(H,33,39)(H,32,35,38)/t19-,24+,26+,28+,30+,44?/m0/s1. The van der Waals surface area contributed by atoms with Gasteiger partial charge in [-0.2, -0.15) is 5.09 Å². The monoisotopic (exact) mass is 627 g/mol. The Labute approximate surface area is 250 Å². The van der Waals surface area contributed by atoms with Gasteiger partial charge in [0, 0.05) is 17.6 Å². The molecule has 0 radical (unpaired) electrons. The van der Waals surface area contributed by atoms with E-state index < -0.39 is 61.7 Å². The Balaban J connectivity index is 1.36. The van der Waals surface area contributed by atoms with Crippen LogP contribution in [0.15, 0.2) is 94.6 Å². The first-order valence-electron chi connectivity index (χ1n) is 13.7. The van der Waals surface area contributed by atoms with E-state index in [0.29, 0.717) is 5.39 Å². The van der Waals surface area contributed by atoms with Crippen molar-refractivity contribution in [2.24, 2.45) is 0 Å². The number of fused-ring (bicyclic) bond motifs is 1. The second kappa shape index (κ2) is 12.8. The number of ether oxygens (including phenoxy) is 2. The van der Waals surface area contributed by atoms with E-state index in [2.05, 4.69) is 5.09 Å². The molecule has 1 aliphatic heterocycles. The summed E-state index contributed by atoms with van der Waals surface area (Å²) < 4.78 is 53.2. The summed E-state index contributed by atoms with van der Waals surface area (Å²) in [6.45, 7) is 1.74. The Morgan fingerprint density at radius 1 is 1.11 bits per heavy atom. The highest BCUT2D eigenvalue weighted by atomic mass is 31.2. The van der Waals surface area contributed by atoms with Crippen molar-refractivity contribution in [2.75, 3.05) is 6.61 Å². The van der Waals surface area contributed by atoms with Gasteiger partial charge in [0.05, 0.1) is 6.61 Å². The third-order valence-corrected chi connectivity index (χ3v) is 8.76. The van der Waals surface area contributed by atoms with Crippen LogP contribution in [0.2, 0.25) is 0 Å². The van der Waals surface area contributed by atoms with Gasteiger partial charge in [-0.25, -0.2) is 13.8 Å². The van der Waals surface area contributed by atoms with Gasteiger partial charge >= 0.3 is 19.4 Å². The fraction of sp³-hybridized carbons (Fsp3) is 0.300. The number of aromatic amines is 1. The van der Waals surface area contributed by atoms with Crippen molar-refractivity contribution in [3.8, 4) is 5.75 Å². The summed E-state index contributed by atoms with van der Waals surface area (Å²) in [5.41, 5.74) is -3.41. The van der Waals surface area contributed by atoms with Crippen molar-refractivity contribution >= 4 is 24.5 Å². The van der Waals surface area contributed by atoms with Gasteiger partial charge in [-0.05, 0) is 30.9 Å². The number of aromatic nitrogens is 2. The second-order valence-corrected chi connectivity index (χ2v) is 12.1. The molecule has 0 spiro atoms. The van der Waals surface area contributed by atoms with Crippen LogP contribution in [0, 0.1) is 0 Å². The summed E-state index contributed by atoms with van der Waals surface area (Å²) >= 11 is 0. The molecular weight excluding hydrogens is 596 g/mol. The molecule has 6 atom stereocenters. The van der Waals surface area contributed by atoms with Gasteiger partial charge in [-0.1, -0.05) is 66.7 Å². The third-order valence-electron chi connectivity index (χ3n) is 7.13. The fourth-order valence-electron chi connectivity index (χ4n) is 4.77. The van der Waals surface area contributed by atoms with Crippen LogP contribution >= 0.6 is 7.75 Å². The minimum atomic E-state index is -4.46. The number of hydrogen-bond acceptors (Lipinski definition) is 9. The van der Waals surface area contributed by atoms with E-state index in [1.165, 1.54) is 6.92 Å². The maximum Gasteiger partial charge on any atom is 0.459 e. The summed E-state index contributed by atoms with van der Waals surface area (Å²) in [6.07, 6.45) is -3.88. The fourth-order valence-corrected chi connectivity index (χ4v) is 6.29. The highest BCUT2D eigenvalue weighted by Gasteiger charge is 2.56. The molecule has 5 rings (SSSR count). The first-order chi connectivity index (χ1) is 21.0. The molecule has 1 aliphatic rings. The summed E-state index contributed by atoms with van der Waals surface area (Å²) in [5.74, 6) is -0.574. The molecule has 14 heteroatoms. The first kappa shape index (κ1) is 31.3. The number of aliphatic hydroxyl groups excluding tert-OH is 1. The molecule has 0 aliphatic carbocycles. The van der Waals surface area contributed by atoms with Crippen LogP contribution in [0.3, 0.4) is 0 Å². The normalized spacial score (nSPS) is 23.6. The SMILES string of the molecule is C[C@H](NP(=O)(OC[C@H]1O[C@@H](n2ccc(=O)[nH]c2=O)[C@](C)(F)[C@@H]1O)Oc1cccc2ccccc12)C(=O)OCc1ccccc1. The number of rotatable bonds is 11. The smallest absolute Gasteiger partial charge is 0.459 e. The minimum Gasteiger partial charge on any atom is -0.460 e. The van der Waals surface area contributed by atoms with Crippen molar-refractivity contribution in [1.82, 2.24) is 14.6 Å². The molecule has 0 saturated carbocycles. The maximum atomic E-state index is 15.7. The number of esters is 1. The predicted octanol–water partition coefficient (Wildman–Crippen LogP) is 3.60. The summed E-state index contributed by atoms with van der Waals surface area (Å²) in [4.78, 5) is 38.6. The summed E-state index contributed by atoms with van der Waals surface area (Å²) in [6, 6.07) is 21.0. The molecule has 0 amide bonds. The van der Waals surface area contributed by atoms with Crippen LogP contribution in [-0.2, 0) is 30.0 Å². The predicted molar refractivity (Wildman–Crippen MR) is 158 cm³/mol. The largest absolute Gasteiger partial charge is 0.460 e. The lowest BCUT2D eigenvalue weighted by molar-refractivity contribution is -0.146. The topological polar surface area (TPSA) is 158 Å². The number of alkyl halides is 1. The average Bonchev–Trinajstić information content (AvgIpc) is 3.23. The van der Waals surface area contributed by atoms with Crippen LogP contribution in [0.25, 0.3) is 10.8 Å². The van der Waals surface area contributed by atoms with Crippen LogP contribution in [0.4, 0.5) is 4.39 Å². The first-order valence-corrected chi connectivity index (χ1v) is 15.3. The van der Waals surface area contributed by atoms with Gasteiger partial charge in [0.2, 0.25) is 0 Å². The van der Waals surface area contributed by atoms with E-state index >= 15 is 4.39 Å². The number of H-pyrrole nitrogens is 1. The highest BCUT2D eigenvalue weighted by molar-refractivity contribution is 7.52. The molecule has 232 valence electrons. The van der Waals surface area contributed by atoms with Gasteiger partial charge < -0.3 is 19.1 Å². The van der Waals surface area contributed by atoms with Crippen molar-refractivity contribution in [3.63, 3.8) is 0 Å². The summed E-state index contributed by atoms with van der Waals surface area (Å²) in [7, 11) is -4.46. The maximum absolute atomic E-state index is 15.7. The van der Waals surface area contributed by atoms with Crippen LogP contribution in [0.5, 0.6) is 5.75 Å². The van der Waals surface area contributed by atoms with Crippen molar-refractivity contribution in [3.05, 3.63) is 111 Å². The number of carbonyl (C=O) groups is 1. The van der Waals surface area contributed by atoms with Crippen molar-refractivity contribution in [1.29, 1.82) is 0 Å². The molecule has 4 aromatic rings. The second-order valence-electron chi connectivity index (χ2n) is 10.4. The third kappa shape index (κ3) is 6.82. The van der Waals surface area contributed by atoms with Gasteiger partial charge in [0.25, 0.3) is 5.56 Å². The number of hydrogen-bond donors (Lipinski definition) is 3. The zero-order chi connectivity index (χ0) is 31.5. The molecular formula is C30H31FN3O9P. The van der Waals surface area contributed by atoms with E-state index in [1.807, 2.05) is 29.2 Å². The molecule has 0 bridgehead atoms. The zero-order valence-electron chi connectivity index (χ0n) is 23.8. The molecule has 2 heterocycles. The number of benzene rings is 3. The molecule has 44 heavy (non-hydrogen) atoms. The minimum absolute atomic E-state index is 0.0241. The lowest BCUT2D eigenvalue weighted by atomic mass is 9.98. The van der Waals surface area contributed by atoms with E-state index in [0.717, 1.165) is 34.7 Å². The Morgan fingerprint density at radius 3 is 2.57 bits per heavy atom. The Hall–Kier alpha value is -4.13. The number of aliphatic hydroxyl groups is 1. The lowest BCUT2D eigenvalue weighted by Crippen LogP contribution is -2.43. The zero-order valence-corrected chi connectivity index (χ0v) is 24.7. The van der Waals surface area contributed by atoms with Crippen molar-refractivity contribution in [2.45, 2.75) is 50.6 Å². The van der Waals surface area contributed by atoms with Crippen LogP contribution in [0.1, 0.15) is 25.6 Å². The lowest BCUT2D eigenvalue weighted by Gasteiger charge is -2.25. The average molecular weight is 628 g/mol. The molecule has 1 aromatic heterocycles. The van der Waals surface area contributed by atoms with E-state index in [9.17, 15) is 24.1 Å². The number of nitrogens with one attached hydrogen (secondary N) is 2. The van der Waals surface area contributed by atoms with Gasteiger partial charge in [0.15, 0.2) is 11.9 Å². The number of halogens is 1. The molecule has 1 unspecified atom stereocenters. The Morgan fingerprint density at radius 2 is 1.82 bits per heavy atom. The molecule has 3 aromatic carbocycles. The van der Waals surface area contributed by atoms with E-state index in [-0.39, 0.29) is 12.4 Å². The Bertz CT molecular complexity index is 1790. The van der Waals surface area contributed by atoms with Crippen LogP contribution in [-0.4, -0.2) is 51.2 Å².